The van der Waals surface area contributed by atoms with Crippen molar-refractivity contribution in [2.45, 2.75) is 30.6 Å². The summed E-state index contributed by atoms with van der Waals surface area (Å²) in [6.07, 6.45) is -2.63. The molecule has 2 heterocycles. The summed E-state index contributed by atoms with van der Waals surface area (Å²) in [5.41, 5.74) is 1.86. The molecule has 1 aromatic heterocycles. The van der Waals surface area contributed by atoms with E-state index in [9.17, 15) is 26.0 Å². The molecule has 0 unspecified atom stereocenters. The number of halogens is 4. The molecule has 0 spiro atoms. The molecule has 0 amide bonds. The van der Waals surface area contributed by atoms with Gasteiger partial charge in [-0.25, -0.2) is 12.8 Å². The second-order valence-electron chi connectivity index (χ2n) is 7.55. The van der Waals surface area contributed by atoms with E-state index >= 15 is 0 Å². The SMILES string of the molecule is O=S(=O)(Nc1ccc(F)cc1)c1ccc2c(c1)CCN(Cc1ccc(C(F)(F)F)nc1)C2. The normalized spacial score (nSPS) is 14.8. The molecule has 1 aliphatic heterocycles. The summed E-state index contributed by atoms with van der Waals surface area (Å²) < 4.78 is 78.8. The van der Waals surface area contributed by atoms with Crippen molar-refractivity contribution in [1.29, 1.82) is 0 Å². The van der Waals surface area contributed by atoms with Gasteiger partial charge in [-0.1, -0.05) is 12.1 Å². The largest absolute Gasteiger partial charge is 0.433 e. The van der Waals surface area contributed by atoms with Gasteiger partial charge in [0.1, 0.15) is 11.5 Å². The van der Waals surface area contributed by atoms with Crippen molar-refractivity contribution in [1.82, 2.24) is 9.88 Å². The summed E-state index contributed by atoms with van der Waals surface area (Å²) in [4.78, 5) is 5.67. The molecule has 2 aromatic carbocycles. The lowest BCUT2D eigenvalue weighted by atomic mass is 9.99. The van der Waals surface area contributed by atoms with Crippen molar-refractivity contribution < 1.29 is 26.0 Å². The Balaban J connectivity index is 1.44. The molecular weight excluding hydrogens is 446 g/mol. The highest BCUT2D eigenvalue weighted by molar-refractivity contribution is 7.92. The van der Waals surface area contributed by atoms with Crippen LogP contribution in [-0.4, -0.2) is 24.8 Å². The number of hydrogen-bond acceptors (Lipinski definition) is 4. The van der Waals surface area contributed by atoms with Crippen LogP contribution in [0.3, 0.4) is 0 Å². The number of benzene rings is 2. The molecule has 0 bridgehead atoms. The Morgan fingerprint density at radius 1 is 1.00 bits per heavy atom. The molecule has 168 valence electrons. The fourth-order valence-electron chi connectivity index (χ4n) is 3.57. The topological polar surface area (TPSA) is 62.3 Å². The number of anilines is 1. The molecule has 0 radical (unpaired) electrons. The standard InChI is InChI=1S/C22H19F4N3O2S/c23-18-3-5-19(6-4-18)28-32(30,31)20-7-2-17-14-29(10-9-16(17)11-20)13-15-1-8-21(27-12-15)22(24,25)26/h1-8,11-12,28H,9-10,13-14H2. The number of fused-ring (bicyclic) bond motifs is 1. The molecule has 0 fully saturated rings. The van der Waals surface area contributed by atoms with Crippen LogP contribution in [0.1, 0.15) is 22.4 Å². The number of alkyl halides is 3. The number of rotatable bonds is 5. The van der Waals surface area contributed by atoms with Crippen LogP contribution in [0.15, 0.2) is 65.7 Å². The molecule has 0 atom stereocenters. The van der Waals surface area contributed by atoms with Gasteiger partial charge in [0.15, 0.2) is 0 Å². The van der Waals surface area contributed by atoms with Crippen LogP contribution < -0.4 is 4.72 Å². The summed E-state index contributed by atoms with van der Waals surface area (Å²) in [6.45, 7) is 1.61. The van der Waals surface area contributed by atoms with Crippen LogP contribution in [0.2, 0.25) is 0 Å². The van der Waals surface area contributed by atoms with Crippen LogP contribution >= 0.6 is 0 Å². The Kier molecular flexibility index (Phi) is 5.91. The smallest absolute Gasteiger partial charge is 0.294 e. The minimum absolute atomic E-state index is 0.112. The van der Waals surface area contributed by atoms with E-state index in [-0.39, 0.29) is 10.6 Å². The van der Waals surface area contributed by atoms with E-state index in [0.29, 0.717) is 31.6 Å². The van der Waals surface area contributed by atoms with Crippen LogP contribution in [0, 0.1) is 5.82 Å². The molecule has 5 nitrogen and oxygen atoms in total. The van der Waals surface area contributed by atoms with Gasteiger partial charge in [-0.2, -0.15) is 13.2 Å². The average Bonchev–Trinajstić information content (AvgIpc) is 2.74. The monoisotopic (exact) mass is 465 g/mol. The molecule has 0 aliphatic carbocycles. The van der Waals surface area contributed by atoms with E-state index in [2.05, 4.69) is 14.6 Å². The van der Waals surface area contributed by atoms with Gasteiger partial charge >= 0.3 is 6.18 Å². The number of nitrogens with one attached hydrogen (secondary N) is 1. The zero-order valence-corrected chi connectivity index (χ0v) is 17.5. The highest BCUT2D eigenvalue weighted by Crippen LogP contribution is 2.28. The highest BCUT2D eigenvalue weighted by Gasteiger charge is 2.32. The van der Waals surface area contributed by atoms with Crippen molar-refractivity contribution in [3.63, 3.8) is 0 Å². The van der Waals surface area contributed by atoms with E-state index in [1.54, 1.807) is 12.1 Å². The lowest BCUT2D eigenvalue weighted by molar-refractivity contribution is -0.141. The van der Waals surface area contributed by atoms with Gasteiger partial charge in [-0.15, -0.1) is 0 Å². The summed E-state index contributed by atoms with van der Waals surface area (Å²) in [5.74, 6) is -0.460. The molecule has 3 aromatic rings. The molecule has 32 heavy (non-hydrogen) atoms. The van der Waals surface area contributed by atoms with E-state index < -0.39 is 27.7 Å². The summed E-state index contributed by atoms with van der Waals surface area (Å²) in [5, 5.41) is 0. The van der Waals surface area contributed by atoms with Gasteiger partial charge in [0, 0.05) is 31.5 Å². The van der Waals surface area contributed by atoms with Crippen molar-refractivity contribution >= 4 is 15.7 Å². The maximum Gasteiger partial charge on any atom is 0.433 e. The van der Waals surface area contributed by atoms with Gasteiger partial charge in [-0.05, 0) is 65.6 Å². The molecule has 1 aliphatic rings. The number of sulfonamides is 1. The van der Waals surface area contributed by atoms with E-state index in [0.717, 1.165) is 17.2 Å². The highest BCUT2D eigenvalue weighted by atomic mass is 32.2. The lowest BCUT2D eigenvalue weighted by Crippen LogP contribution is -2.30. The van der Waals surface area contributed by atoms with E-state index in [1.165, 1.54) is 42.6 Å². The average molecular weight is 465 g/mol. The summed E-state index contributed by atoms with van der Waals surface area (Å²) in [7, 11) is -3.82. The quantitative estimate of drug-likeness (QED) is 0.560. The Bertz CT molecular complexity index is 1210. The number of hydrogen-bond donors (Lipinski definition) is 1. The van der Waals surface area contributed by atoms with Crippen molar-refractivity contribution in [3.05, 3.63) is 89.0 Å². The third kappa shape index (κ3) is 5.08. The minimum Gasteiger partial charge on any atom is -0.294 e. The predicted octanol–water partition coefficient (Wildman–Crippen LogP) is 4.60. The molecule has 10 heteroatoms. The zero-order chi connectivity index (χ0) is 22.9. The van der Waals surface area contributed by atoms with E-state index in [4.69, 9.17) is 0 Å². The van der Waals surface area contributed by atoms with Gasteiger partial charge < -0.3 is 0 Å². The number of pyridine rings is 1. The lowest BCUT2D eigenvalue weighted by Gasteiger charge is -2.29. The second-order valence-corrected chi connectivity index (χ2v) is 9.24. The molecular formula is C22H19F4N3O2S. The van der Waals surface area contributed by atoms with Crippen LogP contribution in [0.25, 0.3) is 0 Å². The minimum atomic E-state index is -4.47. The Morgan fingerprint density at radius 2 is 1.75 bits per heavy atom. The van der Waals surface area contributed by atoms with Crippen molar-refractivity contribution in [3.8, 4) is 0 Å². The van der Waals surface area contributed by atoms with E-state index in [1.807, 2.05) is 0 Å². The van der Waals surface area contributed by atoms with Crippen LogP contribution in [-0.2, 0) is 35.7 Å². The van der Waals surface area contributed by atoms with Gasteiger partial charge in [-0.3, -0.25) is 14.6 Å². The van der Waals surface area contributed by atoms with Crippen molar-refractivity contribution in [2.75, 3.05) is 11.3 Å². The first-order valence-corrected chi connectivity index (χ1v) is 11.2. The zero-order valence-electron chi connectivity index (χ0n) is 16.7. The fraction of sp³-hybridized carbons (Fsp3) is 0.227. The molecule has 4 rings (SSSR count). The maximum atomic E-state index is 13.0. The maximum absolute atomic E-state index is 13.0. The second kappa shape index (κ2) is 8.51. The Labute approximate surface area is 182 Å². The number of nitrogens with zero attached hydrogens (tertiary/aromatic N) is 2. The van der Waals surface area contributed by atoms with Gasteiger partial charge in [0.25, 0.3) is 10.0 Å². The Morgan fingerprint density at radius 3 is 2.41 bits per heavy atom. The predicted molar refractivity (Wildman–Crippen MR) is 111 cm³/mol. The third-order valence-corrected chi connectivity index (χ3v) is 6.58. The number of aromatic nitrogens is 1. The summed E-state index contributed by atoms with van der Waals surface area (Å²) >= 11 is 0. The molecule has 0 saturated carbocycles. The summed E-state index contributed by atoms with van der Waals surface area (Å²) in [6, 6.07) is 12.3. The first-order valence-electron chi connectivity index (χ1n) is 9.75. The molecule has 0 saturated heterocycles. The fourth-order valence-corrected chi connectivity index (χ4v) is 4.67. The Hall–Kier alpha value is -2.98. The first kappa shape index (κ1) is 22.2. The van der Waals surface area contributed by atoms with Gasteiger partial charge in [0.2, 0.25) is 0 Å². The third-order valence-electron chi connectivity index (χ3n) is 5.20. The van der Waals surface area contributed by atoms with Gasteiger partial charge in [0.05, 0.1) is 4.90 Å². The first-order chi connectivity index (χ1) is 15.1. The van der Waals surface area contributed by atoms with Crippen LogP contribution in [0.4, 0.5) is 23.2 Å². The van der Waals surface area contributed by atoms with Crippen molar-refractivity contribution in [2.24, 2.45) is 0 Å². The van der Waals surface area contributed by atoms with Crippen LogP contribution in [0.5, 0.6) is 0 Å². The molecule has 1 N–H and O–H groups in total.